The number of rotatable bonds is 2. The van der Waals surface area contributed by atoms with Gasteiger partial charge in [0.1, 0.15) is 5.60 Å². The average molecular weight is 298 g/mol. The van der Waals surface area contributed by atoms with Crippen LogP contribution in [0.25, 0.3) is 0 Å². The van der Waals surface area contributed by atoms with Crippen LogP contribution >= 0.6 is 11.3 Å². The number of hydrogen-bond donors (Lipinski definition) is 2. The van der Waals surface area contributed by atoms with Crippen molar-refractivity contribution in [3.05, 3.63) is 22.4 Å². The predicted octanol–water partition coefficient (Wildman–Crippen LogP) is 1.76. The third kappa shape index (κ3) is 2.97. The van der Waals surface area contributed by atoms with Gasteiger partial charge in [-0.05, 0) is 32.2 Å². The Morgan fingerprint density at radius 1 is 1.65 bits per heavy atom. The number of amides is 1. The van der Waals surface area contributed by atoms with Crippen LogP contribution in [0.4, 0.5) is 4.79 Å². The van der Waals surface area contributed by atoms with Gasteiger partial charge in [0.2, 0.25) is 0 Å². The summed E-state index contributed by atoms with van der Waals surface area (Å²) in [6.07, 6.45) is -0.375. The van der Waals surface area contributed by atoms with E-state index in [9.17, 15) is 9.90 Å². The second kappa shape index (κ2) is 5.35. The first-order valence-electron chi connectivity index (χ1n) is 6.68. The monoisotopic (exact) mass is 298 g/mol. The minimum atomic E-state index is -0.695. The normalized spacial score (nSPS) is 26.9. The van der Waals surface area contributed by atoms with E-state index in [4.69, 9.17) is 10.5 Å². The van der Waals surface area contributed by atoms with Crippen molar-refractivity contribution < 1.29 is 14.6 Å². The molecule has 0 bridgehead atoms. The molecule has 1 aliphatic rings. The lowest BCUT2D eigenvalue weighted by Gasteiger charge is -2.28. The third-order valence-electron chi connectivity index (χ3n) is 3.47. The summed E-state index contributed by atoms with van der Waals surface area (Å²) in [5.74, 6) is -0.173. The standard InChI is InChI=1S/C14H22N2O3S/c1-13(2,3)19-12(18)16-7-10(8-17)14(15,9-16)11-5-4-6-20-11/h4-6,10,17H,7-9,15H2,1-3H3. The molecule has 6 heteroatoms. The molecule has 2 atom stereocenters. The molecule has 1 aliphatic heterocycles. The van der Waals surface area contributed by atoms with Crippen LogP contribution in [0.3, 0.4) is 0 Å². The Balaban J connectivity index is 2.16. The van der Waals surface area contributed by atoms with Crippen LogP contribution in [0.1, 0.15) is 25.6 Å². The van der Waals surface area contributed by atoms with Crippen molar-refractivity contribution in [2.45, 2.75) is 31.9 Å². The van der Waals surface area contributed by atoms with Gasteiger partial charge >= 0.3 is 6.09 Å². The number of carbonyl (C=O) groups excluding carboxylic acids is 1. The molecule has 2 heterocycles. The highest BCUT2D eigenvalue weighted by Crippen LogP contribution is 2.37. The predicted molar refractivity (Wildman–Crippen MR) is 78.6 cm³/mol. The Morgan fingerprint density at radius 3 is 2.85 bits per heavy atom. The van der Waals surface area contributed by atoms with Crippen LogP contribution < -0.4 is 5.73 Å². The van der Waals surface area contributed by atoms with Gasteiger partial charge in [0.05, 0.1) is 5.54 Å². The van der Waals surface area contributed by atoms with Crippen molar-refractivity contribution in [2.75, 3.05) is 19.7 Å². The molecule has 0 spiro atoms. The first-order valence-corrected chi connectivity index (χ1v) is 7.56. The number of likely N-dealkylation sites (tertiary alicyclic amines) is 1. The zero-order chi connectivity index (χ0) is 15.0. The molecule has 0 radical (unpaired) electrons. The summed E-state index contributed by atoms with van der Waals surface area (Å²) in [5, 5.41) is 11.5. The highest BCUT2D eigenvalue weighted by atomic mass is 32.1. The number of nitrogens with zero attached hydrogens (tertiary/aromatic N) is 1. The SMILES string of the molecule is CC(C)(C)OC(=O)N1CC(CO)C(N)(c2cccs2)C1. The third-order valence-corrected chi connectivity index (χ3v) is 4.54. The Kier molecular flexibility index (Phi) is 4.09. The van der Waals surface area contributed by atoms with Crippen LogP contribution in [0.15, 0.2) is 17.5 Å². The van der Waals surface area contributed by atoms with Crippen molar-refractivity contribution in [3.8, 4) is 0 Å². The smallest absolute Gasteiger partial charge is 0.410 e. The van der Waals surface area contributed by atoms with Gasteiger partial charge in [0.15, 0.2) is 0 Å². The van der Waals surface area contributed by atoms with Crippen molar-refractivity contribution >= 4 is 17.4 Å². The molecule has 5 nitrogen and oxygen atoms in total. The molecule has 1 saturated heterocycles. The fourth-order valence-corrected chi connectivity index (χ4v) is 3.36. The number of ether oxygens (including phenoxy) is 1. The van der Waals surface area contributed by atoms with Gasteiger partial charge in [-0.25, -0.2) is 4.79 Å². The lowest BCUT2D eigenvalue weighted by atomic mass is 9.87. The van der Waals surface area contributed by atoms with E-state index in [1.165, 1.54) is 0 Å². The summed E-state index contributed by atoms with van der Waals surface area (Å²) < 4.78 is 5.38. The van der Waals surface area contributed by atoms with Crippen LogP contribution in [-0.2, 0) is 10.3 Å². The quantitative estimate of drug-likeness (QED) is 0.872. The van der Waals surface area contributed by atoms with E-state index >= 15 is 0 Å². The molecule has 1 fully saturated rings. The molecule has 1 aromatic heterocycles. The van der Waals surface area contributed by atoms with Crippen LogP contribution in [0.2, 0.25) is 0 Å². The highest BCUT2D eigenvalue weighted by Gasteiger charge is 2.47. The van der Waals surface area contributed by atoms with Gasteiger partial charge in [-0.15, -0.1) is 11.3 Å². The topological polar surface area (TPSA) is 75.8 Å². The van der Waals surface area contributed by atoms with Crippen molar-refractivity contribution in [1.29, 1.82) is 0 Å². The van der Waals surface area contributed by atoms with E-state index in [0.29, 0.717) is 13.1 Å². The Hall–Kier alpha value is -1.11. The highest BCUT2D eigenvalue weighted by molar-refractivity contribution is 7.10. The van der Waals surface area contributed by atoms with Gasteiger partial charge in [-0.2, -0.15) is 0 Å². The summed E-state index contributed by atoms with van der Waals surface area (Å²) in [6.45, 7) is 6.24. The number of thiophene rings is 1. The second-order valence-corrected chi connectivity index (χ2v) is 7.21. The van der Waals surface area contributed by atoms with Crippen LogP contribution in [0.5, 0.6) is 0 Å². The van der Waals surface area contributed by atoms with Crippen molar-refractivity contribution in [1.82, 2.24) is 4.90 Å². The fourth-order valence-electron chi connectivity index (χ4n) is 2.45. The zero-order valence-corrected chi connectivity index (χ0v) is 12.9. The van der Waals surface area contributed by atoms with Crippen LogP contribution in [-0.4, -0.2) is 41.4 Å². The second-order valence-electron chi connectivity index (χ2n) is 6.26. The molecule has 112 valence electrons. The van der Waals surface area contributed by atoms with Crippen molar-refractivity contribution in [3.63, 3.8) is 0 Å². The Bertz CT molecular complexity index is 469. The fraction of sp³-hybridized carbons (Fsp3) is 0.643. The van der Waals surface area contributed by atoms with E-state index in [2.05, 4.69) is 0 Å². The Labute approximate surface area is 123 Å². The lowest BCUT2D eigenvalue weighted by molar-refractivity contribution is 0.0279. The molecular weight excluding hydrogens is 276 g/mol. The maximum Gasteiger partial charge on any atom is 0.410 e. The molecule has 2 rings (SSSR count). The lowest BCUT2D eigenvalue weighted by Crippen LogP contribution is -2.46. The van der Waals surface area contributed by atoms with E-state index in [1.54, 1.807) is 16.2 Å². The molecule has 1 amide bonds. The van der Waals surface area contributed by atoms with Gasteiger partial charge in [-0.3, -0.25) is 0 Å². The number of nitrogens with two attached hydrogens (primary N) is 1. The van der Waals surface area contributed by atoms with E-state index in [0.717, 1.165) is 4.88 Å². The van der Waals surface area contributed by atoms with Crippen LogP contribution in [0, 0.1) is 5.92 Å². The molecule has 3 N–H and O–H groups in total. The molecular formula is C14H22N2O3S. The molecule has 2 unspecified atom stereocenters. The number of aliphatic hydroxyl groups excluding tert-OH is 1. The molecule has 0 saturated carbocycles. The summed E-state index contributed by atoms with van der Waals surface area (Å²) in [6, 6.07) is 3.88. The van der Waals surface area contributed by atoms with Gasteiger partial charge in [0.25, 0.3) is 0 Å². The molecule has 1 aromatic rings. The molecule has 20 heavy (non-hydrogen) atoms. The first-order chi connectivity index (χ1) is 9.26. The van der Waals surface area contributed by atoms with Gasteiger partial charge in [-0.1, -0.05) is 6.07 Å². The minimum Gasteiger partial charge on any atom is -0.444 e. The zero-order valence-electron chi connectivity index (χ0n) is 12.1. The molecule has 0 aliphatic carbocycles. The summed E-state index contributed by atoms with van der Waals surface area (Å²) >= 11 is 1.55. The average Bonchev–Trinajstić information content (AvgIpc) is 2.94. The summed E-state index contributed by atoms with van der Waals surface area (Å²) in [7, 11) is 0. The maximum absolute atomic E-state index is 12.1. The first kappa shape index (κ1) is 15.3. The van der Waals surface area contributed by atoms with E-state index < -0.39 is 11.1 Å². The number of aliphatic hydroxyl groups is 1. The summed E-state index contributed by atoms with van der Waals surface area (Å²) in [4.78, 5) is 14.7. The van der Waals surface area contributed by atoms with Crippen molar-refractivity contribution in [2.24, 2.45) is 11.7 Å². The summed E-state index contributed by atoms with van der Waals surface area (Å²) in [5.41, 5.74) is 5.24. The van der Waals surface area contributed by atoms with Gasteiger partial charge < -0.3 is 20.5 Å². The van der Waals surface area contributed by atoms with Gasteiger partial charge in [0, 0.05) is 30.5 Å². The molecule has 0 aromatic carbocycles. The minimum absolute atomic E-state index is 0.0479. The largest absolute Gasteiger partial charge is 0.444 e. The Morgan fingerprint density at radius 2 is 2.35 bits per heavy atom. The van der Waals surface area contributed by atoms with E-state index in [1.807, 2.05) is 38.3 Å². The van der Waals surface area contributed by atoms with E-state index in [-0.39, 0.29) is 18.6 Å². The maximum atomic E-state index is 12.1. The number of carbonyl (C=O) groups is 1. The number of hydrogen-bond acceptors (Lipinski definition) is 5.